The molecular weight excluding hydrogens is 314 g/mol. The fourth-order valence-electron chi connectivity index (χ4n) is 2.02. The highest BCUT2D eigenvalue weighted by Crippen LogP contribution is 2.29. The minimum atomic E-state index is -0.701. The molecule has 1 aromatic carbocycles. The number of benzene rings is 1. The van der Waals surface area contributed by atoms with Crippen LogP contribution in [0.3, 0.4) is 0 Å². The molecule has 1 aliphatic rings. The van der Waals surface area contributed by atoms with Crippen LogP contribution in [-0.2, 0) is 0 Å². The van der Waals surface area contributed by atoms with Gasteiger partial charge >= 0.3 is 0 Å². The summed E-state index contributed by atoms with van der Waals surface area (Å²) in [6, 6.07) is 2.88. The average molecular weight is 327 g/mol. The molecule has 0 aromatic heterocycles. The van der Waals surface area contributed by atoms with Gasteiger partial charge in [-0.15, -0.1) is 0 Å². The van der Waals surface area contributed by atoms with Gasteiger partial charge in [-0.3, -0.25) is 4.79 Å². The number of halogens is 3. The lowest BCUT2D eigenvalue weighted by Crippen LogP contribution is -2.00. The molecule has 100 valence electrons. The van der Waals surface area contributed by atoms with E-state index >= 15 is 0 Å². The lowest BCUT2D eigenvalue weighted by Gasteiger charge is -2.12. The zero-order valence-corrected chi connectivity index (χ0v) is 11.8. The van der Waals surface area contributed by atoms with Gasteiger partial charge in [-0.25, -0.2) is 8.78 Å². The summed E-state index contributed by atoms with van der Waals surface area (Å²) < 4.78 is 27.5. The van der Waals surface area contributed by atoms with E-state index in [2.05, 4.69) is 15.9 Å². The molecule has 0 unspecified atom stereocenters. The molecule has 4 heteroatoms. The molecule has 1 aliphatic carbocycles. The van der Waals surface area contributed by atoms with Gasteiger partial charge in [0.1, 0.15) is 11.6 Å². The molecule has 0 aliphatic heterocycles. The molecule has 0 fully saturated rings. The van der Waals surface area contributed by atoms with Gasteiger partial charge in [0.15, 0.2) is 5.78 Å². The van der Waals surface area contributed by atoms with Crippen LogP contribution in [0.25, 0.3) is 0 Å². The van der Waals surface area contributed by atoms with Crippen molar-refractivity contribution >= 4 is 21.7 Å². The van der Waals surface area contributed by atoms with Gasteiger partial charge in [-0.1, -0.05) is 22.0 Å². The molecular formula is C15H13BrF2O. The highest BCUT2D eigenvalue weighted by molar-refractivity contribution is 9.11. The maximum atomic E-state index is 13.4. The van der Waals surface area contributed by atoms with Gasteiger partial charge in [0, 0.05) is 0 Å². The molecule has 0 saturated carbocycles. The number of hydrogen-bond donors (Lipinski definition) is 0. The summed E-state index contributed by atoms with van der Waals surface area (Å²) in [5, 5.41) is 0. The summed E-state index contributed by atoms with van der Waals surface area (Å²) in [5.74, 6) is -1.83. The van der Waals surface area contributed by atoms with Crippen LogP contribution < -0.4 is 0 Å². The van der Waals surface area contributed by atoms with Crippen LogP contribution in [0, 0.1) is 11.6 Å². The summed E-state index contributed by atoms with van der Waals surface area (Å²) in [7, 11) is 0. The van der Waals surface area contributed by atoms with Crippen molar-refractivity contribution in [2.45, 2.75) is 25.7 Å². The Morgan fingerprint density at radius 2 is 1.95 bits per heavy atom. The SMILES string of the molecule is O=C(/C=C/C1=C(Br)CCCC1)c1cc(F)ccc1F. The van der Waals surface area contributed by atoms with Gasteiger partial charge in [0.05, 0.1) is 5.56 Å². The zero-order chi connectivity index (χ0) is 13.8. The van der Waals surface area contributed by atoms with Crippen molar-refractivity contribution in [2.24, 2.45) is 0 Å². The molecule has 0 amide bonds. The number of allylic oxidation sites excluding steroid dienone is 4. The summed E-state index contributed by atoms with van der Waals surface area (Å²) >= 11 is 3.47. The smallest absolute Gasteiger partial charge is 0.188 e. The maximum Gasteiger partial charge on any atom is 0.188 e. The second-order valence-electron chi connectivity index (χ2n) is 4.46. The Morgan fingerprint density at radius 3 is 2.68 bits per heavy atom. The molecule has 1 nitrogen and oxygen atoms in total. The third-order valence-corrected chi connectivity index (χ3v) is 3.98. The van der Waals surface area contributed by atoms with E-state index in [-0.39, 0.29) is 5.56 Å². The fraction of sp³-hybridized carbons (Fsp3) is 0.267. The van der Waals surface area contributed by atoms with Gasteiger partial charge in [0.25, 0.3) is 0 Å². The van der Waals surface area contributed by atoms with Crippen molar-refractivity contribution in [2.75, 3.05) is 0 Å². The van der Waals surface area contributed by atoms with Crippen LogP contribution in [0.2, 0.25) is 0 Å². The van der Waals surface area contributed by atoms with Crippen molar-refractivity contribution in [3.05, 3.63) is 57.6 Å². The predicted octanol–water partition coefficient (Wildman–Crippen LogP) is 4.93. The Kier molecular flexibility index (Phi) is 4.64. The predicted molar refractivity (Wildman–Crippen MR) is 74.2 cm³/mol. The summed E-state index contributed by atoms with van der Waals surface area (Å²) in [4.78, 5) is 11.8. The molecule has 0 spiro atoms. The largest absolute Gasteiger partial charge is 0.289 e. The molecule has 0 saturated heterocycles. The van der Waals surface area contributed by atoms with Crippen LogP contribution in [0.5, 0.6) is 0 Å². The first-order valence-electron chi connectivity index (χ1n) is 6.13. The second kappa shape index (κ2) is 6.24. The van der Waals surface area contributed by atoms with Crippen LogP contribution in [0.15, 0.2) is 40.4 Å². The minimum Gasteiger partial charge on any atom is -0.289 e. The fourth-order valence-corrected chi connectivity index (χ4v) is 2.63. The van der Waals surface area contributed by atoms with Crippen molar-refractivity contribution in [3.63, 3.8) is 0 Å². The van der Waals surface area contributed by atoms with Crippen molar-refractivity contribution in [3.8, 4) is 0 Å². The molecule has 19 heavy (non-hydrogen) atoms. The van der Waals surface area contributed by atoms with Gasteiger partial charge < -0.3 is 0 Å². The number of carbonyl (C=O) groups is 1. The zero-order valence-electron chi connectivity index (χ0n) is 10.3. The van der Waals surface area contributed by atoms with Gasteiger partial charge in [-0.05, 0) is 60.0 Å². The van der Waals surface area contributed by atoms with E-state index in [1.54, 1.807) is 6.08 Å². The summed E-state index contributed by atoms with van der Waals surface area (Å²) in [6.07, 6.45) is 7.07. The third-order valence-electron chi connectivity index (χ3n) is 3.07. The Bertz CT molecular complexity index is 561. The summed E-state index contributed by atoms with van der Waals surface area (Å²) in [5.41, 5.74) is 0.820. The maximum absolute atomic E-state index is 13.4. The number of rotatable bonds is 3. The number of carbonyl (C=O) groups excluding carboxylic acids is 1. The van der Waals surface area contributed by atoms with Crippen LogP contribution >= 0.6 is 15.9 Å². The van der Waals surface area contributed by atoms with E-state index in [0.29, 0.717) is 0 Å². The Balaban J connectivity index is 2.19. The quantitative estimate of drug-likeness (QED) is 0.568. The molecule has 1 aromatic rings. The molecule has 0 bridgehead atoms. The summed E-state index contributed by atoms with van der Waals surface area (Å²) in [6.45, 7) is 0. The monoisotopic (exact) mass is 326 g/mol. The normalized spacial score (nSPS) is 16.2. The molecule has 0 atom stereocenters. The number of ketones is 1. The Morgan fingerprint density at radius 1 is 1.21 bits per heavy atom. The molecule has 0 heterocycles. The van der Waals surface area contributed by atoms with E-state index in [1.165, 1.54) is 6.08 Å². The lowest BCUT2D eigenvalue weighted by molar-refractivity contribution is 0.104. The first-order chi connectivity index (χ1) is 9.08. The van der Waals surface area contributed by atoms with Crippen LogP contribution in [-0.4, -0.2) is 5.78 Å². The van der Waals surface area contributed by atoms with Crippen molar-refractivity contribution < 1.29 is 13.6 Å². The third kappa shape index (κ3) is 3.60. The molecule has 0 N–H and O–H groups in total. The van der Waals surface area contributed by atoms with E-state index in [4.69, 9.17) is 0 Å². The van der Waals surface area contributed by atoms with Crippen LogP contribution in [0.1, 0.15) is 36.0 Å². The standard InChI is InChI=1S/C15H13BrF2O/c16-13-4-2-1-3-10(13)5-8-15(19)12-9-11(17)6-7-14(12)18/h5-9H,1-4H2/b8-5+. The van der Waals surface area contributed by atoms with Gasteiger partial charge in [-0.2, -0.15) is 0 Å². The Labute approximate surface area is 119 Å². The molecule has 2 rings (SSSR count). The highest BCUT2D eigenvalue weighted by atomic mass is 79.9. The van der Waals surface area contributed by atoms with E-state index in [1.807, 2.05) is 0 Å². The second-order valence-corrected chi connectivity index (χ2v) is 5.42. The highest BCUT2D eigenvalue weighted by Gasteiger charge is 2.12. The van der Waals surface area contributed by atoms with Crippen molar-refractivity contribution in [1.29, 1.82) is 0 Å². The topological polar surface area (TPSA) is 17.1 Å². The minimum absolute atomic E-state index is 0.233. The van der Waals surface area contributed by atoms with E-state index < -0.39 is 17.4 Å². The van der Waals surface area contributed by atoms with Crippen molar-refractivity contribution in [1.82, 2.24) is 0 Å². The Hall–Kier alpha value is -1.29. The lowest BCUT2D eigenvalue weighted by atomic mass is 9.98. The average Bonchev–Trinajstić information content (AvgIpc) is 2.40. The van der Waals surface area contributed by atoms with E-state index in [0.717, 1.165) is 53.9 Å². The van der Waals surface area contributed by atoms with Gasteiger partial charge in [0.2, 0.25) is 0 Å². The molecule has 0 radical (unpaired) electrons. The number of hydrogen-bond acceptors (Lipinski definition) is 1. The van der Waals surface area contributed by atoms with E-state index in [9.17, 15) is 13.6 Å². The first kappa shape index (κ1) is 14.1. The van der Waals surface area contributed by atoms with Crippen LogP contribution in [0.4, 0.5) is 8.78 Å². The first-order valence-corrected chi connectivity index (χ1v) is 6.92.